The van der Waals surface area contributed by atoms with Crippen LogP contribution >= 0.6 is 0 Å². The third-order valence-corrected chi connectivity index (χ3v) is 2.84. The molecule has 0 aliphatic heterocycles. The molecular formula is C13H13N3O. The molecule has 4 heteroatoms. The molecule has 0 bridgehead atoms. The molecule has 86 valence electrons. The molecular weight excluding hydrogens is 214 g/mol. The van der Waals surface area contributed by atoms with Crippen LogP contribution in [0, 0.1) is 6.92 Å². The summed E-state index contributed by atoms with van der Waals surface area (Å²) in [7, 11) is 0. The number of fused-ring (bicyclic) bond motifs is 1. The van der Waals surface area contributed by atoms with Crippen molar-refractivity contribution in [3.8, 4) is 11.6 Å². The largest absolute Gasteiger partial charge is 0.458 e. The Hall–Kier alpha value is -2.07. The number of nitrogens with zero attached hydrogens (tertiary/aromatic N) is 2. The van der Waals surface area contributed by atoms with Crippen LogP contribution in [-0.4, -0.2) is 9.38 Å². The topological polar surface area (TPSA) is 56.5 Å². The molecule has 3 aromatic heterocycles. The van der Waals surface area contributed by atoms with E-state index in [9.17, 15) is 0 Å². The van der Waals surface area contributed by atoms with E-state index in [0.29, 0.717) is 6.54 Å². The maximum Gasteiger partial charge on any atom is 0.180 e. The van der Waals surface area contributed by atoms with Gasteiger partial charge in [0.15, 0.2) is 11.6 Å². The van der Waals surface area contributed by atoms with Crippen molar-refractivity contribution >= 4 is 5.52 Å². The van der Waals surface area contributed by atoms with E-state index in [1.54, 1.807) is 0 Å². The summed E-state index contributed by atoms with van der Waals surface area (Å²) in [5.41, 5.74) is 7.81. The Bertz CT molecular complexity index is 666. The number of aromatic nitrogens is 2. The maximum absolute atomic E-state index is 5.70. The molecule has 0 aromatic carbocycles. The summed E-state index contributed by atoms with van der Waals surface area (Å²) in [5.74, 6) is 2.46. The van der Waals surface area contributed by atoms with Gasteiger partial charge in [-0.05, 0) is 30.7 Å². The Labute approximate surface area is 98.7 Å². The van der Waals surface area contributed by atoms with Gasteiger partial charge in [0, 0.05) is 12.7 Å². The number of aryl methyl sites for hydroxylation is 1. The lowest BCUT2D eigenvalue weighted by molar-refractivity contribution is 0.544. The Kier molecular flexibility index (Phi) is 2.23. The average molecular weight is 227 g/mol. The highest BCUT2D eigenvalue weighted by molar-refractivity contribution is 5.62. The van der Waals surface area contributed by atoms with Crippen molar-refractivity contribution in [1.29, 1.82) is 0 Å². The predicted molar refractivity (Wildman–Crippen MR) is 65.5 cm³/mol. The Morgan fingerprint density at radius 1 is 1.35 bits per heavy atom. The minimum Gasteiger partial charge on any atom is -0.458 e. The Morgan fingerprint density at radius 3 is 2.94 bits per heavy atom. The molecule has 0 radical (unpaired) electrons. The molecule has 4 nitrogen and oxygen atoms in total. The SMILES string of the molecule is Cc1ccc(-c2ncc3c(CN)cccn23)o1. The van der Waals surface area contributed by atoms with E-state index < -0.39 is 0 Å². The van der Waals surface area contributed by atoms with Crippen LogP contribution in [0.5, 0.6) is 0 Å². The monoisotopic (exact) mass is 227 g/mol. The van der Waals surface area contributed by atoms with Crippen LogP contribution in [0.25, 0.3) is 17.1 Å². The van der Waals surface area contributed by atoms with Crippen molar-refractivity contribution in [3.05, 3.63) is 48.0 Å². The van der Waals surface area contributed by atoms with Crippen molar-refractivity contribution in [3.63, 3.8) is 0 Å². The number of furan rings is 1. The molecule has 0 fully saturated rings. The fourth-order valence-corrected chi connectivity index (χ4v) is 1.99. The summed E-state index contributed by atoms with van der Waals surface area (Å²) in [5, 5.41) is 0. The molecule has 0 spiro atoms. The van der Waals surface area contributed by atoms with E-state index >= 15 is 0 Å². The zero-order chi connectivity index (χ0) is 11.8. The second kappa shape index (κ2) is 3.75. The molecule has 0 saturated carbocycles. The van der Waals surface area contributed by atoms with Crippen LogP contribution < -0.4 is 5.73 Å². The number of hydrogen-bond acceptors (Lipinski definition) is 3. The van der Waals surface area contributed by atoms with Gasteiger partial charge in [0.2, 0.25) is 0 Å². The second-order valence-electron chi connectivity index (χ2n) is 3.98. The quantitative estimate of drug-likeness (QED) is 0.731. The van der Waals surface area contributed by atoms with Gasteiger partial charge in [0.05, 0.1) is 11.7 Å². The summed E-state index contributed by atoms with van der Waals surface area (Å²) >= 11 is 0. The fraction of sp³-hybridized carbons (Fsp3) is 0.154. The van der Waals surface area contributed by atoms with Gasteiger partial charge in [-0.15, -0.1) is 0 Å². The highest BCUT2D eigenvalue weighted by Crippen LogP contribution is 2.23. The Balaban J connectivity index is 2.25. The van der Waals surface area contributed by atoms with Gasteiger partial charge in [-0.2, -0.15) is 0 Å². The first kappa shape index (κ1) is 10.1. The average Bonchev–Trinajstić information content (AvgIpc) is 2.94. The zero-order valence-electron chi connectivity index (χ0n) is 9.55. The second-order valence-corrected chi connectivity index (χ2v) is 3.98. The van der Waals surface area contributed by atoms with Crippen molar-refractivity contribution < 1.29 is 4.42 Å². The molecule has 0 unspecified atom stereocenters. The number of imidazole rings is 1. The summed E-state index contributed by atoms with van der Waals surface area (Å²) in [6, 6.07) is 7.84. The normalized spacial score (nSPS) is 11.2. The predicted octanol–water partition coefficient (Wildman–Crippen LogP) is 2.36. The minimum atomic E-state index is 0.507. The fourth-order valence-electron chi connectivity index (χ4n) is 1.99. The molecule has 3 aromatic rings. The number of hydrogen-bond donors (Lipinski definition) is 1. The van der Waals surface area contributed by atoms with Crippen LogP contribution in [0.2, 0.25) is 0 Å². The summed E-state index contributed by atoms with van der Waals surface area (Å²) in [6.45, 7) is 2.43. The Morgan fingerprint density at radius 2 is 2.24 bits per heavy atom. The van der Waals surface area contributed by atoms with Crippen molar-refractivity contribution in [2.45, 2.75) is 13.5 Å². The van der Waals surface area contributed by atoms with Gasteiger partial charge in [-0.1, -0.05) is 6.07 Å². The van der Waals surface area contributed by atoms with Crippen molar-refractivity contribution in [2.75, 3.05) is 0 Å². The van der Waals surface area contributed by atoms with E-state index in [0.717, 1.165) is 28.4 Å². The first-order valence-corrected chi connectivity index (χ1v) is 5.51. The lowest BCUT2D eigenvalue weighted by atomic mass is 10.2. The van der Waals surface area contributed by atoms with Crippen LogP contribution in [0.3, 0.4) is 0 Å². The maximum atomic E-state index is 5.70. The summed E-state index contributed by atoms with van der Waals surface area (Å²) in [6.07, 6.45) is 3.80. The molecule has 0 saturated heterocycles. The van der Waals surface area contributed by atoms with Gasteiger partial charge in [0.1, 0.15) is 5.76 Å². The minimum absolute atomic E-state index is 0.507. The highest BCUT2D eigenvalue weighted by Gasteiger charge is 2.11. The van der Waals surface area contributed by atoms with E-state index in [2.05, 4.69) is 4.98 Å². The molecule has 0 aliphatic carbocycles. The van der Waals surface area contributed by atoms with Crippen molar-refractivity contribution in [1.82, 2.24) is 9.38 Å². The third-order valence-electron chi connectivity index (χ3n) is 2.84. The van der Waals surface area contributed by atoms with E-state index in [-0.39, 0.29) is 0 Å². The molecule has 0 atom stereocenters. The molecule has 0 aliphatic rings. The molecule has 17 heavy (non-hydrogen) atoms. The molecule has 0 amide bonds. The van der Waals surface area contributed by atoms with Crippen molar-refractivity contribution in [2.24, 2.45) is 5.73 Å². The van der Waals surface area contributed by atoms with E-state index in [4.69, 9.17) is 10.2 Å². The van der Waals surface area contributed by atoms with E-state index in [1.165, 1.54) is 0 Å². The number of rotatable bonds is 2. The van der Waals surface area contributed by atoms with Gasteiger partial charge < -0.3 is 10.2 Å². The molecule has 2 N–H and O–H groups in total. The summed E-state index contributed by atoms with van der Waals surface area (Å²) < 4.78 is 7.60. The van der Waals surface area contributed by atoms with Crippen LogP contribution in [0.15, 0.2) is 41.1 Å². The van der Waals surface area contributed by atoms with Crippen LogP contribution in [0.1, 0.15) is 11.3 Å². The van der Waals surface area contributed by atoms with Crippen LogP contribution in [0.4, 0.5) is 0 Å². The lowest BCUT2D eigenvalue weighted by Crippen LogP contribution is -1.99. The summed E-state index contributed by atoms with van der Waals surface area (Å²) in [4.78, 5) is 4.40. The molecule has 3 heterocycles. The number of pyridine rings is 1. The highest BCUT2D eigenvalue weighted by atomic mass is 16.3. The first-order valence-electron chi connectivity index (χ1n) is 5.51. The zero-order valence-corrected chi connectivity index (χ0v) is 9.55. The van der Waals surface area contributed by atoms with Crippen LogP contribution in [-0.2, 0) is 6.54 Å². The van der Waals surface area contributed by atoms with E-state index in [1.807, 2.05) is 48.0 Å². The van der Waals surface area contributed by atoms with Gasteiger partial charge >= 0.3 is 0 Å². The smallest absolute Gasteiger partial charge is 0.180 e. The third kappa shape index (κ3) is 1.54. The standard InChI is InChI=1S/C13H13N3O/c1-9-4-5-12(17-9)13-15-8-11-10(7-14)3-2-6-16(11)13/h2-6,8H,7,14H2,1H3. The van der Waals surface area contributed by atoms with Gasteiger partial charge in [0.25, 0.3) is 0 Å². The number of nitrogens with two attached hydrogens (primary N) is 1. The van der Waals surface area contributed by atoms with Gasteiger partial charge in [-0.3, -0.25) is 4.40 Å². The molecule has 3 rings (SSSR count). The first-order chi connectivity index (χ1) is 8.29. The lowest BCUT2D eigenvalue weighted by Gasteiger charge is -2.02. The van der Waals surface area contributed by atoms with Gasteiger partial charge in [-0.25, -0.2) is 4.98 Å².